The Bertz CT molecular complexity index is 391. The molecule has 1 saturated heterocycles. The molecule has 0 radical (unpaired) electrons. The molecule has 1 aliphatic rings. The number of hydrogen-bond donors (Lipinski definition) is 0. The number of rotatable bonds is 1. The minimum atomic E-state index is -0.280. The summed E-state index contributed by atoms with van der Waals surface area (Å²) in [4.78, 5) is 14.4. The van der Waals surface area contributed by atoms with Crippen molar-refractivity contribution >= 4 is 5.91 Å². The van der Waals surface area contributed by atoms with E-state index >= 15 is 0 Å². The first-order valence-electron chi connectivity index (χ1n) is 6.36. The Morgan fingerprint density at radius 2 is 1.88 bits per heavy atom. The first kappa shape index (κ1) is 12.2. The number of benzene rings is 1. The smallest absolute Gasteiger partial charge is 0.228 e. The molecule has 1 unspecified atom stereocenters. The molecule has 1 atom stereocenters. The fraction of sp³-hybridized carbons (Fsp3) is 0.533. The minimum Gasteiger partial charge on any atom is -0.335 e. The molecule has 1 fully saturated rings. The number of hydrogen-bond acceptors (Lipinski definition) is 1. The summed E-state index contributed by atoms with van der Waals surface area (Å²) in [7, 11) is 0. The van der Waals surface area contributed by atoms with E-state index in [4.69, 9.17) is 0 Å². The number of amides is 1. The molecule has 0 saturated carbocycles. The second kappa shape index (κ2) is 4.52. The zero-order valence-corrected chi connectivity index (χ0v) is 10.9. The maximum atomic E-state index is 12.4. The van der Waals surface area contributed by atoms with Gasteiger partial charge in [-0.15, -0.1) is 0 Å². The Balaban J connectivity index is 2.22. The zero-order chi connectivity index (χ0) is 12.5. The molecule has 0 bridgehead atoms. The number of carbonyl (C=O) groups is 1. The van der Waals surface area contributed by atoms with Crippen LogP contribution in [0, 0.1) is 5.41 Å². The van der Waals surface area contributed by atoms with Gasteiger partial charge in [-0.25, -0.2) is 0 Å². The zero-order valence-electron chi connectivity index (χ0n) is 10.9. The first-order valence-corrected chi connectivity index (χ1v) is 6.36. The van der Waals surface area contributed by atoms with E-state index in [-0.39, 0.29) is 17.4 Å². The number of nitrogens with zero attached hydrogens (tertiary/aromatic N) is 1. The average molecular weight is 231 g/mol. The molecular formula is C15H21NO. The van der Waals surface area contributed by atoms with Gasteiger partial charge in [0.2, 0.25) is 5.91 Å². The fourth-order valence-corrected chi connectivity index (χ4v) is 2.46. The van der Waals surface area contributed by atoms with Crippen LogP contribution < -0.4 is 0 Å². The van der Waals surface area contributed by atoms with Crippen LogP contribution in [-0.4, -0.2) is 17.4 Å². The minimum absolute atomic E-state index is 0.267. The van der Waals surface area contributed by atoms with Crippen LogP contribution in [0.5, 0.6) is 0 Å². The van der Waals surface area contributed by atoms with Gasteiger partial charge in [0.15, 0.2) is 0 Å². The molecule has 92 valence electrons. The van der Waals surface area contributed by atoms with Crippen LogP contribution in [0.2, 0.25) is 0 Å². The average Bonchev–Trinajstić information content (AvgIpc) is 2.76. The summed E-state index contributed by atoms with van der Waals surface area (Å²) in [6.07, 6.45) is 2.20. The fourth-order valence-electron chi connectivity index (χ4n) is 2.46. The number of likely N-dealkylation sites (tertiary alicyclic amines) is 1. The Morgan fingerprint density at radius 3 is 2.47 bits per heavy atom. The van der Waals surface area contributed by atoms with Gasteiger partial charge in [-0.2, -0.15) is 0 Å². The van der Waals surface area contributed by atoms with E-state index in [1.165, 1.54) is 5.56 Å². The summed E-state index contributed by atoms with van der Waals surface area (Å²) in [5, 5.41) is 0. The van der Waals surface area contributed by atoms with Crippen LogP contribution in [0.3, 0.4) is 0 Å². The summed E-state index contributed by atoms with van der Waals surface area (Å²) in [6.45, 7) is 6.89. The lowest BCUT2D eigenvalue weighted by atomic mass is 9.93. The van der Waals surface area contributed by atoms with Crippen molar-refractivity contribution in [2.75, 3.05) is 6.54 Å². The molecule has 0 N–H and O–H groups in total. The van der Waals surface area contributed by atoms with E-state index in [0.717, 1.165) is 19.4 Å². The lowest BCUT2D eigenvalue weighted by Crippen LogP contribution is -2.38. The standard InChI is InChI=1S/C15H21NO/c1-15(2,3)14(17)16-11-7-10-13(16)12-8-5-4-6-9-12/h4-6,8-9,13H,7,10-11H2,1-3H3. The molecule has 1 aliphatic heterocycles. The molecule has 0 aliphatic carbocycles. The van der Waals surface area contributed by atoms with Gasteiger partial charge in [0.1, 0.15) is 0 Å². The van der Waals surface area contributed by atoms with E-state index in [2.05, 4.69) is 17.0 Å². The molecule has 1 aromatic rings. The van der Waals surface area contributed by atoms with Crippen molar-refractivity contribution in [2.45, 2.75) is 39.7 Å². The highest BCUT2D eigenvalue weighted by atomic mass is 16.2. The van der Waals surface area contributed by atoms with Gasteiger partial charge in [-0.05, 0) is 18.4 Å². The topological polar surface area (TPSA) is 20.3 Å². The van der Waals surface area contributed by atoms with E-state index in [9.17, 15) is 4.79 Å². The van der Waals surface area contributed by atoms with Crippen LogP contribution in [-0.2, 0) is 4.79 Å². The summed E-state index contributed by atoms with van der Waals surface area (Å²) in [5.41, 5.74) is 0.986. The largest absolute Gasteiger partial charge is 0.335 e. The SMILES string of the molecule is CC(C)(C)C(=O)N1CCCC1c1ccccc1. The normalized spacial score (nSPS) is 20.6. The summed E-state index contributed by atoms with van der Waals surface area (Å²) in [6, 6.07) is 10.6. The van der Waals surface area contributed by atoms with Crippen molar-refractivity contribution in [1.82, 2.24) is 4.90 Å². The first-order chi connectivity index (χ1) is 8.00. The Kier molecular flexibility index (Phi) is 3.23. The molecule has 17 heavy (non-hydrogen) atoms. The molecular weight excluding hydrogens is 210 g/mol. The van der Waals surface area contributed by atoms with Crippen LogP contribution in [0.25, 0.3) is 0 Å². The predicted octanol–water partition coefficient (Wildman–Crippen LogP) is 3.40. The van der Waals surface area contributed by atoms with Gasteiger partial charge in [0, 0.05) is 12.0 Å². The molecule has 0 aromatic heterocycles. The monoisotopic (exact) mass is 231 g/mol. The van der Waals surface area contributed by atoms with Gasteiger partial charge in [-0.3, -0.25) is 4.79 Å². The van der Waals surface area contributed by atoms with Crippen molar-refractivity contribution in [3.63, 3.8) is 0 Å². The summed E-state index contributed by atoms with van der Waals surface area (Å²) < 4.78 is 0. The van der Waals surface area contributed by atoms with Gasteiger partial charge >= 0.3 is 0 Å². The lowest BCUT2D eigenvalue weighted by molar-refractivity contribution is -0.140. The van der Waals surface area contributed by atoms with Gasteiger partial charge < -0.3 is 4.90 Å². The van der Waals surface area contributed by atoms with Crippen molar-refractivity contribution in [2.24, 2.45) is 5.41 Å². The molecule has 0 spiro atoms. The molecule has 1 aromatic carbocycles. The Labute approximate surface area is 104 Å². The summed E-state index contributed by atoms with van der Waals surface area (Å²) in [5.74, 6) is 0.267. The highest BCUT2D eigenvalue weighted by Crippen LogP contribution is 2.34. The Hall–Kier alpha value is -1.31. The quantitative estimate of drug-likeness (QED) is 0.725. The van der Waals surface area contributed by atoms with Crippen molar-refractivity contribution in [3.05, 3.63) is 35.9 Å². The Morgan fingerprint density at radius 1 is 1.24 bits per heavy atom. The predicted molar refractivity (Wildman–Crippen MR) is 69.6 cm³/mol. The van der Waals surface area contributed by atoms with Gasteiger partial charge in [-0.1, -0.05) is 51.1 Å². The van der Waals surface area contributed by atoms with Crippen LogP contribution in [0.15, 0.2) is 30.3 Å². The maximum Gasteiger partial charge on any atom is 0.228 e. The van der Waals surface area contributed by atoms with Crippen molar-refractivity contribution in [1.29, 1.82) is 0 Å². The highest BCUT2D eigenvalue weighted by molar-refractivity contribution is 5.82. The van der Waals surface area contributed by atoms with E-state index in [0.29, 0.717) is 0 Å². The van der Waals surface area contributed by atoms with E-state index < -0.39 is 0 Å². The third-order valence-electron chi connectivity index (χ3n) is 3.34. The second-order valence-electron chi connectivity index (χ2n) is 5.82. The summed E-state index contributed by atoms with van der Waals surface area (Å²) >= 11 is 0. The third kappa shape index (κ3) is 2.51. The van der Waals surface area contributed by atoms with Gasteiger partial charge in [0.05, 0.1) is 6.04 Å². The molecule has 2 heteroatoms. The van der Waals surface area contributed by atoms with Crippen LogP contribution >= 0.6 is 0 Å². The van der Waals surface area contributed by atoms with E-state index in [1.54, 1.807) is 0 Å². The molecule has 1 amide bonds. The molecule has 1 heterocycles. The molecule has 2 nitrogen and oxygen atoms in total. The van der Waals surface area contributed by atoms with Crippen molar-refractivity contribution < 1.29 is 4.79 Å². The molecule has 2 rings (SSSR count). The van der Waals surface area contributed by atoms with E-state index in [1.807, 2.05) is 39.0 Å². The highest BCUT2D eigenvalue weighted by Gasteiger charge is 2.35. The van der Waals surface area contributed by atoms with Crippen LogP contribution in [0.1, 0.15) is 45.2 Å². The van der Waals surface area contributed by atoms with Gasteiger partial charge in [0.25, 0.3) is 0 Å². The lowest BCUT2D eigenvalue weighted by Gasteiger charge is -2.31. The number of carbonyl (C=O) groups excluding carboxylic acids is 1. The maximum absolute atomic E-state index is 12.4. The van der Waals surface area contributed by atoms with Crippen molar-refractivity contribution in [3.8, 4) is 0 Å². The second-order valence-corrected chi connectivity index (χ2v) is 5.82. The van der Waals surface area contributed by atoms with Crippen LogP contribution in [0.4, 0.5) is 0 Å². The third-order valence-corrected chi connectivity index (χ3v) is 3.34.